The summed E-state index contributed by atoms with van der Waals surface area (Å²) in [6.07, 6.45) is 2.37. The summed E-state index contributed by atoms with van der Waals surface area (Å²) in [7, 11) is 0. The Labute approximate surface area is 126 Å². The molecule has 1 rings (SSSR count). The summed E-state index contributed by atoms with van der Waals surface area (Å²) in [6, 6.07) is 11.3. The third-order valence-electron chi connectivity index (χ3n) is 3.22. The molecule has 0 saturated heterocycles. The van der Waals surface area contributed by atoms with Gasteiger partial charge in [0.05, 0.1) is 12.1 Å². The SMILES string of the molecule is CC(CCCO)NC(=O)NC(CCC#N)c1ccccc1. The summed E-state index contributed by atoms with van der Waals surface area (Å²) >= 11 is 0. The number of urea groups is 1. The predicted octanol–water partition coefficient (Wildman–Crippen LogP) is 2.49. The lowest BCUT2D eigenvalue weighted by Crippen LogP contribution is -2.42. The van der Waals surface area contributed by atoms with Crippen LogP contribution >= 0.6 is 0 Å². The molecule has 0 aliphatic heterocycles. The minimum absolute atomic E-state index is 0.00420. The van der Waals surface area contributed by atoms with E-state index in [0.717, 1.165) is 12.0 Å². The van der Waals surface area contributed by atoms with Crippen LogP contribution in [0.2, 0.25) is 0 Å². The number of nitriles is 1. The van der Waals surface area contributed by atoms with Crippen molar-refractivity contribution in [1.29, 1.82) is 5.26 Å². The van der Waals surface area contributed by atoms with Crippen molar-refractivity contribution in [2.24, 2.45) is 0 Å². The molecular formula is C16H23N3O2. The molecular weight excluding hydrogens is 266 g/mol. The fourth-order valence-electron chi connectivity index (χ4n) is 2.11. The van der Waals surface area contributed by atoms with Crippen LogP contribution in [0.15, 0.2) is 30.3 Å². The average molecular weight is 289 g/mol. The van der Waals surface area contributed by atoms with Crippen LogP contribution < -0.4 is 10.6 Å². The molecule has 0 radical (unpaired) electrons. The molecule has 114 valence electrons. The van der Waals surface area contributed by atoms with Crippen molar-refractivity contribution in [3.63, 3.8) is 0 Å². The van der Waals surface area contributed by atoms with Gasteiger partial charge in [0.25, 0.3) is 0 Å². The van der Waals surface area contributed by atoms with Crippen LogP contribution in [-0.2, 0) is 0 Å². The Bertz CT molecular complexity index is 456. The van der Waals surface area contributed by atoms with Gasteiger partial charge in [-0.3, -0.25) is 0 Å². The van der Waals surface area contributed by atoms with Gasteiger partial charge in [0.1, 0.15) is 0 Å². The lowest BCUT2D eigenvalue weighted by molar-refractivity contribution is 0.230. The molecule has 0 spiro atoms. The number of aliphatic hydroxyl groups excluding tert-OH is 1. The largest absolute Gasteiger partial charge is 0.396 e. The van der Waals surface area contributed by atoms with E-state index in [1.165, 1.54) is 0 Å². The van der Waals surface area contributed by atoms with Crippen LogP contribution in [-0.4, -0.2) is 23.8 Å². The average Bonchev–Trinajstić information content (AvgIpc) is 2.50. The van der Waals surface area contributed by atoms with Crippen LogP contribution in [0, 0.1) is 11.3 Å². The van der Waals surface area contributed by atoms with Crippen molar-refractivity contribution >= 4 is 6.03 Å². The Morgan fingerprint density at radius 1 is 1.29 bits per heavy atom. The van der Waals surface area contributed by atoms with E-state index in [2.05, 4.69) is 16.7 Å². The maximum Gasteiger partial charge on any atom is 0.315 e. The van der Waals surface area contributed by atoms with Gasteiger partial charge in [-0.05, 0) is 31.7 Å². The Kier molecular flexibility index (Phi) is 7.92. The molecule has 0 bridgehead atoms. The molecule has 0 fully saturated rings. The summed E-state index contributed by atoms with van der Waals surface area (Å²) in [6.45, 7) is 2.03. The summed E-state index contributed by atoms with van der Waals surface area (Å²) in [5.41, 5.74) is 0.992. The molecule has 5 nitrogen and oxygen atoms in total. The number of benzene rings is 1. The van der Waals surface area contributed by atoms with Gasteiger partial charge in [0.15, 0.2) is 0 Å². The molecule has 0 aromatic heterocycles. The first-order valence-corrected chi connectivity index (χ1v) is 7.27. The lowest BCUT2D eigenvalue weighted by atomic mass is 10.0. The summed E-state index contributed by atoms with van der Waals surface area (Å²) in [4.78, 5) is 12.0. The number of nitrogens with zero attached hydrogens (tertiary/aromatic N) is 1. The Hall–Kier alpha value is -2.06. The number of carbonyl (C=O) groups excluding carboxylic acids is 1. The minimum atomic E-state index is -0.243. The topological polar surface area (TPSA) is 85.2 Å². The summed E-state index contributed by atoms with van der Waals surface area (Å²) < 4.78 is 0. The highest BCUT2D eigenvalue weighted by molar-refractivity contribution is 5.74. The second-order valence-electron chi connectivity index (χ2n) is 5.04. The smallest absolute Gasteiger partial charge is 0.315 e. The van der Waals surface area contributed by atoms with E-state index in [1.54, 1.807) is 0 Å². The zero-order valence-electron chi connectivity index (χ0n) is 12.4. The third-order valence-corrected chi connectivity index (χ3v) is 3.22. The first kappa shape index (κ1) is 17.0. The first-order valence-electron chi connectivity index (χ1n) is 7.27. The number of rotatable bonds is 8. The molecule has 0 saturated carbocycles. The van der Waals surface area contributed by atoms with Crippen molar-refractivity contribution in [3.8, 4) is 6.07 Å². The number of amides is 2. The quantitative estimate of drug-likeness (QED) is 0.687. The molecule has 2 amide bonds. The fraction of sp³-hybridized carbons (Fsp3) is 0.500. The van der Waals surface area contributed by atoms with Gasteiger partial charge in [-0.25, -0.2) is 4.79 Å². The van der Waals surface area contributed by atoms with Gasteiger partial charge in [0.2, 0.25) is 0 Å². The monoisotopic (exact) mass is 289 g/mol. The van der Waals surface area contributed by atoms with Gasteiger partial charge in [-0.15, -0.1) is 0 Å². The molecule has 5 heteroatoms. The van der Waals surface area contributed by atoms with Crippen LogP contribution in [0.25, 0.3) is 0 Å². The van der Waals surface area contributed by atoms with Crippen LogP contribution in [0.5, 0.6) is 0 Å². The molecule has 3 N–H and O–H groups in total. The summed E-state index contributed by atoms with van der Waals surface area (Å²) in [5.74, 6) is 0. The Morgan fingerprint density at radius 3 is 2.62 bits per heavy atom. The molecule has 0 aliphatic rings. The van der Waals surface area contributed by atoms with Crippen molar-refractivity contribution in [1.82, 2.24) is 10.6 Å². The number of nitrogens with one attached hydrogen (secondary N) is 2. The highest BCUT2D eigenvalue weighted by atomic mass is 16.3. The standard InChI is InChI=1S/C16H23N3O2/c1-13(7-6-12-20)18-16(21)19-15(10-5-11-17)14-8-3-2-4-9-14/h2-4,8-9,13,15,20H,5-7,10,12H2,1H3,(H2,18,19,21). The molecule has 0 aliphatic carbocycles. The zero-order valence-corrected chi connectivity index (χ0v) is 12.4. The van der Waals surface area contributed by atoms with E-state index in [4.69, 9.17) is 10.4 Å². The number of carbonyl (C=O) groups is 1. The fourth-order valence-corrected chi connectivity index (χ4v) is 2.11. The highest BCUT2D eigenvalue weighted by Crippen LogP contribution is 2.17. The van der Waals surface area contributed by atoms with Gasteiger partial charge < -0.3 is 15.7 Å². The van der Waals surface area contributed by atoms with E-state index in [9.17, 15) is 4.79 Å². The minimum Gasteiger partial charge on any atom is -0.396 e. The van der Waals surface area contributed by atoms with Crippen molar-refractivity contribution in [3.05, 3.63) is 35.9 Å². The maximum absolute atomic E-state index is 12.0. The van der Waals surface area contributed by atoms with Crippen molar-refractivity contribution in [2.75, 3.05) is 6.61 Å². The van der Waals surface area contributed by atoms with Crippen LogP contribution in [0.3, 0.4) is 0 Å². The van der Waals surface area contributed by atoms with E-state index in [-0.39, 0.29) is 24.7 Å². The lowest BCUT2D eigenvalue weighted by Gasteiger charge is -2.20. The van der Waals surface area contributed by atoms with Crippen molar-refractivity contribution < 1.29 is 9.90 Å². The summed E-state index contributed by atoms with van der Waals surface area (Å²) in [5, 5.41) is 23.3. The second kappa shape index (κ2) is 9.78. The highest BCUT2D eigenvalue weighted by Gasteiger charge is 2.15. The normalized spacial score (nSPS) is 13.0. The molecule has 0 heterocycles. The number of hydrogen-bond donors (Lipinski definition) is 3. The van der Waals surface area contributed by atoms with Crippen LogP contribution in [0.4, 0.5) is 4.79 Å². The first-order chi connectivity index (χ1) is 10.2. The van der Waals surface area contributed by atoms with E-state index in [0.29, 0.717) is 19.3 Å². The zero-order chi connectivity index (χ0) is 15.5. The maximum atomic E-state index is 12.0. The molecule has 21 heavy (non-hydrogen) atoms. The van der Waals surface area contributed by atoms with E-state index < -0.39 is 0 Å². The second-order valence-corrected chi connectivity index (χ2v) is 5.04. The van der Waals surface area contributed by atoms with Crippen molar-refractivity contribution in [2.45, 2.75) is 44.7 Å². The molecule has 2 atom stereocenters. The molecule has 1 aromatic carbocycles. The van der Waals surface area contributed by atoms with Gasteiger partial charge in [-0.1, -0.05) is 30.3 Å². The van der Waals surface area contributed by atoms with E-state index in [1.807, 2.05) is 37.3 Å². The van der Waals surface area contributed by atoms with Gasteiger partial charge in [0, 0.05) is 19.1 Å². The third kappa shape index (κ3) is 6.77. The van der Waals surface area contributed by atoms with Gasteiger partial charge >= 0.3 is 6.03 Å². The van der Waals surface area contributed by atoms with E-state index >= 15 is 0 Å². The Morgan fingerprint density at radius 2 is 2.00 bits per heavy atom. The predicted molar refractivity (Wildman–Crippen MR) is 81.5 cm³/mol. The Balaban J connectivity index is 2.56. The molecule has 2 unspecified atom stereocenters. The number of hydrogen-bond acceptors (Lipinski definition) is 3. The van der Waals surface area contributed by atoms with Crippen LogP contribution in [0.1, 0.15) is 44.2 Å². The van der Waals surface area contributed by atoms with Gasteiger partial charge in [-0.2, -0.15) is 5.26 Å². The number of aliphatic hydroxyl groups is 1. The molecule has 1 aromatic rings.